The lowest BCUT2D eigenvalue weighted by molar-refractivity contribution is -0.137. The molecule has 6 aromatic rings. The molecule has 0 spiro atoms. The number of nitrogens with zero attached hydrogens (tertiary/aromatic N) is 2. The summed E-state index contributed by atoms with van der Waals surface area (Å²) in [5.74, 6) is -2.78. The van der Waals surface area contributed by atoms with Crippen LogP contribution in [0, 0.1) is 6.92 Å². The predicted octanol–water partition coefficient (Wildman–Crippen LogP) is 7.89. The molecule has 0 unspecified atom stereocenters. The van der Waals surface area contributed by atoms with E-state index in [0.29, 0.717) is 21.6 Å². The number of carbonyl (C=O) groups excluding carboxylic acids is 4. The molecule has 4 aromatic heterocycles. The second-order valence-electron chi connectivity index (χ2n) is 11.3. The maximum atomic E-state index is 13.2. The third-order valence-corrected chi connectivity index (χ3v) is 10.9. The Bertz CT molecular complexity index is 2480. The quantitative estimate of drug-likeness (QED) is 0.143. The van der Waals surface area contributed by atoms with Gasteiger partial charge < -0.3 is 9.13 Å². The summed E-state index contributed by atoms with van der Waals surface area (Å²) < 4.78 is 46.7. The maximum Gasteiger partial charge on any atom is 0.416 e. The fourth-order valence-electron chi connectivity index (χ4n) is 6.35. The van der Waals surface area contributed by atoms with Gasteiger partial charge in [-0.15, -0.1) is 22.7 Å². The maximum absolute atomic E-state index is 13.2. The van der Waals surface area contributed by atoms with Gasteiger partial charge >= 0.3 is 6.18 Å². The van der Waals surface area contributed by atoms with Gasteiger partial charge in [0.25, 0.3) is 0 Å². The highest BCUT2D eigenvalue weighted by molar-refractivity contribution is 7.31. The van der Waals surface area contributed by atoms with Gasteiger partial charge in [0.15, 0.2) is 0 Å². The van der Waals surface area contributed by atoms with E-state index in [-0.39, 0.29) is 16.7 Å². The van der Waals surface area contributed by atoms with Crippen molar-refractivity contribution in [1.29, 1.82) is 0 Å². The number of aryl methyl sites for hydroxylation is 3. The van der Waals surface area contributed by atoms with Crippen molar-refractivity contribution in [2.45, 2.75) is 13.1 Å². The molecule has 6 nitrogen and oxygen atoms in total. The number of allylic oxidation sites excluding steroid dienone is 2. The average molecular weight is 641 g/mol. The zero-order valence-electron chi connectivity index (χ0n) is 23.8. The third kappa shape index (κ3) is 3.80. The molecule has 2 aliphatic carbocycles. The first-order valence-corrected chi connectivity index (χ1v) is 15.4. The molecule has 0 radical (unpaired) electrons. The molecule has 4 heterocycles. The van der Waals surface area contributed by atoms with Gasteiger partial charge in [0.1, 0.15) is 0 Å². The summed E-state index contributed by atoms with van der Waals surface area (Å²) in [7, 11) is 3.85. The molecule has 2 aliphatic rings. The Morgan fingerprint density at radius 1 is 0.667 bits per heavy atom. The fraction of sp³-hybridized carbons (Fsp3) is 0.118. The number of thiophene rings is 2. The van der Waals surface area contributed by atoms with Crippen LogP contribution in [0.4, 0.5) is 13.2 Å². The molecule has 0 aliphatic heterocycles. The normalized spacial score (nSPS) is 16.9. The van der Waals surface area contributed by atoms with Crippen LogP contribution in [0.1, 0.15) is 53.5 Å². The first-order chi connectivity index (χ1) is 21.3. The van der Waals surface area contributed by atoms with E-state index in [1.54, 1.807) is 29.6 Å². The molecule has 45 heavy (non-hydrogen) atoms. The number of fused-ring (bicyclic) bond motifs is 7. The van der Waals surface area contributed by atoms with Crippen LogP contribution in [0.2, 0.25) is 0 Å². The Hall–Kier alpha value is -4.87. The van der Waals surface area contributed by atoms with E-state index in [1.807, 2.05) is 54.4 Å². The summed E-state index contributed by atoms with van der Waals surface area (Å²) in [5, 5.41) is 0. The van der Waals surface area contributed by atoms with E-state index < -0.39 is 34.9 Å². The van der Waals surface area contributed by atoms with E-state index in [9.17, 15) is 32.3 Å². The van der Waals surface area contributed by atoms with Crippen molar-refractivity contribution >= 4 is 99.8 Å². The number of aromatic nitrogens is 2. The van der Waals surface area contributed by atoms with Crippen molar-refractivity contribution in [2.24, 2.45) is 14.1 Å². The molecule has 0 saturated heterocycles. The van der Waals surface area contributed by atoms with E-state index in [0.717, 1.165) is 54.0 Å². The molecular formula is C34H19F3N2O4S2. The van der Waals surface area contributed by atoms with Gasteiger partial charge in [-0.3, -0.25) is 19.2 Å². The van der Waals surface area contributed by atoms with Crippen LogP contribution < -0.4 is 0 Å². The molecule has 8 rings (SSSR count). The molecular weight excluding hydrogens is 622 g/mol. The number of hydrogen-bond acceptors (Lipinski definition) is 6. The molecule has 0 atom stereocenters. The van der Waals surface area contributed by atoms with Crippen LogP contribution in [0.15, 0.2) is 48.5 Å². The minimum Gasteiger partial charge on any atom is -0.342 e. The Balaban J connectivity index is 1.22. The molecule has 2 aromatic carbocycles. The Morgan fingerprint density at radius 2 is 1.31 bits per heavy atom. The summed E-state index contributed by atoms with van der Waals surface area (Å²) in [4.78, 5) is 51.6. The lowest BCUT2D eigenvalue weighted by Gasteiger charge is -2.07. The molecule has 0 fully saturated rings. The Kier molecular flexibility index (Phi) is 5.59. The number of alkyl halides is 3. The van der Waals surface area contributed by atoms with Crippen molar-refractivity contribution in [3.8, 4) is 0 Å². The van der Waals surface area contributed by atoms with Crippen LogP contribution in [0.25, 0.3) is 53.9 Å². The zero-order valence-corrected chi connectivity index (χ0v) is 25.4. The average Bonchev–Trinajstić information content (AvgIpc) is 3.79. The Labute approximate surface area is 260 Å². The minimum atomic E-state index is -4.62. The topological polar surface area (TPSA) is 78.1 Å². The van der Waals surface area contributed by atoms with Crippen molar-refractivity contribution in [1.82, 2.24) is 9.13 Å². The standard InChI is InChI=1S/C34H19F3N2O4S2/c1-14-4-6-18-20(8-14)28(40)30(42)22(18)10-16-11-25-26(38(16)2)27-33(45-25)32-24(39(27)3)13-17(44-32)12-23-19-7-5-15(34(35,36)37)9-21(19)29(41)31(23)43/h4-13H,1-3H3/b22-10-,23-12-. The van der Waals surface area contributed by atoms with Crippen LogP contribution in [0.3, 0.4) is 0 Å². The van der Waals surface area contributed by atoms with Gasteiger partial charge in [0.2, 0.25) is 23.1 Å². The molecule has 0 amide bonds. The highest BCUT2D eigenvalue weighted by Crippen LogP contribution is 2.46. The smallest absolute Gasteiger partial charge is 0.342 e. The van der Waals surface area contributed by atoms with Crippen LogP contribution >= 0.6 is 22.7 Å². The Morgan fingerprint density at radius 3 is 2.00 bits per heavy atom. The van der Waals surface area contributed by atoms with Crippen molar-refractivity contribution in [3.05, 3.63) is 92.5 Å². The van der Waals surface area contributed by atoms with Gasteiger partial charge in [0, 0.05) is 46.9 Å². The number of ketones is 4. The largest absolute Gasteiger partial charge is 0.416 e. The summed E-state index contributed by atoms with van der Waals surface area (Å²) in [6, 6.07) is 12.2. The highest BCUT2D eigenvalue weighted by Gasteiger charge is 2.38. The first-order valence-electron chi connectivity index (χ1n) is 13.8. The lowest BCUT2D eigenvalue weighted by Crippen LogP contribution is -2.08. The first kappa shape index (κ1) is 27.7. The number of halogens is 3. The van der Waals surface area contributed by atoms with Gasteiger partial charge in [0.05, 0.1) is 36.2 Å². The second kappa shape index (κ2) is 9.09. The van der Waals surface area contributed by atoms with Crippen molar-refractivity contribution < 1.29 is 32.3 Å². The van der Waals surface area contributed by atoms with E-state index in [2.05, 4.69) is 0 Å². The predicted molar refractivity (Wildman–Crippen MR) is 170 cm³/mol. The van der Waals surface area contributed by atoms with Crippen molar-refractivity contribution in [2.75, 3.05) is 0 Å². The van der Waals surface area contributed by atoms with E-state index in [4.69, 9.17) is 0 Å². The van der Waals surface area contributed by atoms with Gasteiger partial charge in [-0.05, 0) is 60.5 Å². The SMILES string of the molecule is Cc1ccc2c(c1)C(=O)C(=O)/C2=C\c1cc2sc3c4sc(/C=C5\C(=O)C(=O)c6cc(C(F)(F)F)ccc65)cc4n(C)c3c2n1C. The van der Waals surface area contributed by atoms with Crippen LogP contribution in [-0.2, 0) is 29.9 Å². The molecule has 0 N–H and O–H groups in total. The van der Waals surface area contributed by atoms with Gasteiger partial charge in [-0.1, -0.05) is 23.8 Å². The monoisotopic (exact) mass is 640 g/mol. The second-order valence-corrected chi connectivity index (χ2v) is 13.4. The molecule has 0 saturated carbocycles. The minimum absolute atomic E-state index is 0.0808. The molecule has 11 heteroatoms. The summed E-state index contributed by atoms with van der Waals surface area (Å²) in [6.07, 6.45) is -1.28. The van der Waals surface area contributed by atoms with Crippen molar-refractivity contribution in [3.63, 3.8) is 0 Å². The van der Waals surface area contributed by atoms with E-state index in [1.165, 1.54) is 17.4 Å². The number of Topliss-reactive ketones (excluding diaryl/α,β-unsaturated/α-hetero) is 4. The van der Waals surface area contributed by atoms with Gasteiger partial charge in [-0.25, -0.2) is 0 Å². The lowest BCUT2D eigenvalue weighted by atomic mass is 10.0. The molecule has 0 bridgehead atoms. The van der Waals surface area contributed by atoms with E-state index >= 15 is 0 Å². The van der Waals surface area contributed by atoms with Crippen LogP contribution in [0.5, 0.6) is 0 Å². The number of hydrogen-bond donors (Lipinski definition) is 0. The zero-order chi connectivity index (χ0) is 31.7. The van der Waals surface area contributed by atoms with Crippen LogP contribution in [-0.4, -0.2) is 32.3 Å². The highest BCUT2D eigenvalue weighted by atomic mass is 32.1. The molecule has 222 valence electrons. The fourth-order valence-corrected chi connectivity index (χ4v) is 8.93. The summed E-state index contributed by atoms with van der Waals surface area (Å²) in [6.45, 7) is 1.88. The number of rotatable bonds is 2. The number of benzene rings is 2. The van der Waals surface area contributed by atoms with Gasteiger partial charge in [-0.2, -0.15) is 13.2 Å². The summed E-state index contributed by atoms with van der Waals surface area (Å²) >= 11 is 3.02. The third-order valence-electron chi connectivity index (χ3n) is 8.59. The number of carbonyl (C=O) groups is 4. The summed E-state index contributed by atoms with van der Waals surface area (Å²) in [5.41, 5.74) is 5.08.